The van der Waals surface area contributed by atoms with Crippen molar-refractivity contribution in [2.45, 2.75) is 26.9 Å². The van der Waals surface area contributed by atoms with Gasteiger partial charge in [-0.05, 0) is 77.4 Å². The third-order valence-corrected chi connectivity index (χ3v) is 3.80. The molecule has 0 saturated carbocycles. The number of rotatable bonds is 5. The first kappa shape index (κ1) is 15.0. The van der Waals surface area contributed by atoms with E-state index < -0.39 is 0 Å². The Bertz CT molecular complexity index is 620. The van der Waals surface area contributed by atoms with Gasteiger partial charge in [0.25, 0.3) is 0 Å². The van der Waals surface area contributed by atoms with E-state index in [4.69, 9.17) is 4.74 Å². The zero-order chi connectivity index (χ0) is 14.5. The van der Waals surface area contributed by atoms with Crippen LogP contribution < -0.4 is 4.74 Å². The molecule has 2 aromatic rings. The fourth-order valence-electron chi connectivity index (χ4n) is 2.09. The van der Waals surface area contributed by atoms with Crippen LogP contribution >= 0.6 is 22.6 Å². The lowest BCUT2D eigenvalue weighted by molar-refractivity contribution is 0.101. The van der Waals surface area contributed by atoms with Gasteiger partial charge in [-0.25, -0.2) is 0 Å². The van der Waals surface area contributed by atoms with Gasteiger partial charge in [-0.2, -0.15) is 0 Å². The molecule has 0 radical (unpaired) electrons. The molecule has 2 aromatic carbocycles. The van der Waals surface area contributed by atoms with Crippen molar-refractivity contribution in [1.29, 1.82) is 0 Å². The molecule has 0 bridgehead atoms. The summed E-state index contributed by atoms with van der Waals surface area (Å²) in [5, 5.41) is 0. The van der Waals surface area contributed by atoms with Crippen LogP contribution in [0.1, 0.15) is 35.3 Å². The number of carbonyl (C=O) groups is 1. The zero-order valence-corrected chi connectivity index (χ0v) is 13.8. The maximum atomic E-state index is 11.5. The molecule has 0 unspecified atom stereocenters. The van der Waals surface area contributed by atoms with Crippen molar-refractivity contribution in [3.63, 3.8) is 0 Å². The molecule has 0 aliphatic heterocycles. The summed E-state index contributed by atoms with van der Waals surface area (Å²) < 4.78 is 7.01. The molecule has 0 aliphatic carbocycles. The van der Waals surface area contributed by atoms with E-state index in [1.807, 2.05) is 37.3 Å². The average molecular weight is 380 g/mol. The van der Waals surface area contributed by atoms with E-state index in [1.165, 1.54) is 3.57 Å². The van der Waals surface area contributed by atoms with Crippen LogP contribution in [0.15, 0.2) is 42.5 Å². The smallest absolute Gasteiger partial charge is 0.160 e. The van der Waals surface area contributed by atoms with Crippen LogP contribution in [-0.4, -0.2) is 5.78 Å². The Labute approximate surface area is 133 Å². The van der Waals surface area contributed by atoms with Gasteiger partial charge in [0.1, 0.15) is 12.4 Å². The van der Waals surface area contributed by atoms with E-state index in [0.29, 0.717) is 6.61 Å². The Balaban J connectivity index is 2.12. The third-order valence-electron chi connectivity index (χ3n) is 3.13. The number of aryl methyl sites for hydroxylation is 1. The van der Waals surface area contributed by atoms with Crippen molar-refractivity contribution in [2.75, 3.05) is 0 Å². The van der Waals surface area contributed by atoms with Crippen LogP contribution in [0.25, 0.3) is 0 Å². The summed E-state index contributed by atoms with van der Waals surface area (Å²) in [6, 6.07) is 13.9. The first-order valence-corrected chi connectivity index (χ1v) is 7.69. The molecule has 0 amide bonds. The van der Waals surface area contributed by atoms with Crippen molar-refractivity contribution in [3.05, 3.63) is 62.7 Å². The van der Waals surface area contributed by atoms with Gasteiger partial charge in [0.2, 0.25) is 0 Å². The predicted molar refractivity (Wildman–Crippen MR) is 89.3 cm³/mol. The van der Waals surface area contributed by atoms with Crippen LogP contribution in [-0.2, 0) is 13.0 Å². The fraction of sp³-hybridized carbons (Fsp3) is 0.235. The lowest BCUT2D eigenvalue weighted by Crippen LogP contribution is -2.01. The van der Waals surface area contributed by atoms with E-state index >= 15 is 0 Å². The minimum atomic E-state index is 0.103. The maximum Gasteiger partial charge on any atom is 0.160 e. The lowest BCUT2D eigenvalue weighted by atomic mass is 10.0. The highest BCUT2D eigenvalue weighted by Crippen LogP contribution is 2.20. The molecule has 2 nitrogen and oxygen atoms in total. The molecule has 0 heterocycles. The number of benzene rings is 2. The number of hydrogen-bond acceptors (Lipinski definition) is 2. The van der Waals surface area contributed by atoms with Gasteiger partial charge >= 0.3 is 0 Å². The molecule has 2 rings (SSSR count). The minimum Gasteiger partial charge on any atom is -0.489 e. The number of hydrogen-bond donors (Lipinski definition) is 0. The summed E-state index contributed by atoms with van der Waals surface area (Å²) >= 11 is 2.29. The Kier molecular flexibility index (Phi) is 5.17. The van der Waals surface area contributed by atoms with Crippen molar-refractivity contribution >= 4 is 28.4 Å². The SMILES string of the molecule is CCc1cc(OCc2cccc(I)c2)ccc1C(C)=O. The van der Waals surface area contributed by atoms with Crippen molar-refractivity contribution in [1.82, 2.24) is 0 Å². The van der Waals surface area contributed by atoms with Crippen LogP contribution in [0.3, 0.4) is 0 Å². The van der Waals surface area contributed by atoms with E-state index in [0.717, 1.165) is 28.9 Å². The number of carbonyl (C=O) groups excluding carboxylic acids is 1. The Morgan fingerprint density at radius 3 is 2.65 bits per heavy atom. The molecular weight excluding hydrogens is 363 g/mol. The lowest BCUT2D eigenvalue weighted by Gasteiger charge is -2.10. The topological polar surface area (TPSA) is 26.3 Å². The predicted octanol–water partition coefficient (Wildman–Crippen LogP) is 4.64. The molecule has 104 valence electrons. The summed E-state index contributed by atoms with van der Waals surface area (Å²) in [4.78, 5) is 11.5. The van der Waals surface area contributed by atoms with Crippen molar-refractivity contribution < 1.29 is 9.53 Å². The number of ether oxygens (including phenoxy) is 1. The monoisotopic (exact) mass is 380 g/mol. The van der Waals surface area contributed by atoms with Crippen LogP contribution in [0.5, 0.6) is 5.75 Å². The van der Waals surface area contributed by atoms with Crippen molar-refractivity contribution in [2.24, 2.45) is 0 Å². The van der Waals surface area contributed by atoms with Gasteiger partial charge in [0.15, 0.2) is 5.78 Å². The number of Topliss-reactive ketones (excluding diaryl/α,β-unsaturated/α-hetero) is 1. The Hall–Kier alpha value is -1.36. The molecule has 0 N–H and O–H groups in total. The molecule has 0 atom stereocenters. The van der Waals surface area contributed by atoms with Gasteiger partial charge in [0, 0.05) is 9.13 Å². The van der Waals surface area contributed by atoms with Gasteiger partial charge in [-0.15, -0.1) is 0 Å². The molecule has 0 aliphatic rings. The Morgan fingerprint density at radius 1 is 1.20 bits per heavy atom. The first-order valence-electron chi connectivity index (χ1n) is 6.61. The van der Waals surface area contributed by atoms with Gasteiger partial charge in [-0.1, -0.05) is 19.1 Å². The van der Waals surface area contributed by atoms with Crippen LogP contribution in [0.2, 0.25) is 0 Å². The molecule has 0 saturated heterocycles. The molecule has 0 spiro atoms. The van der Waals surface area contributed by atoms with E-state index in [2.05, 4.69) is 34.7 Å². The largest absolute Gasteiger partial charge is 0.489 e. The van der Waals surface area contributed by atoms with Gasteiger partial charge in [-0.3, -0.25) is 4.79 Å². The summed E-state index contributed by atoms with van der Waals surface area (Å²) in [6.45, 7) is 4.19. The summed E-state index contributed by atoms with van der Waals surface area (Å²) in [6.07, 6.45) is 0.829. The molecule has 3 heteroatoms. The fourth-order valence-corrected chi connectivity index (χ4v) is 2.70. The zero-order valence-electron chi connectivity index (χ0n) is 11.7. The second kappa shape index (κ2) is 6.88. The summed E-state index contributed by atoms with van der Waals surface area (Å²) in [5.41, 5.74) is 2.97. The average Bonchev–Trinajstić information content (AvgIpc) is 2.44. The standard InChI is InChI=1S/C17H17IO2/c1-3-14-10-16(7-8-17(14)12(2)19)20-11-13-5-4-6-15(18)9-13/h4-10H,3,11H2,1-2H3. The highest BCUT2D eigenvalue weighted by molar-refractivity contribution is 14.1. The summed E-state index contributed by atoms with van der Waals surface area (Å²) in [5.74, 6) is 0.914. The third kappa shape index (κ3) is 3.82. The second-order valence-corrected chi connectivity index (χ2v) is 5.89. The van der Waals surface area contributed by atoms with Crippen molar-refractivity contribution in [3.8, 4) is 5.75 Å². The molecule has 0 aromatic heterocycles. The minimum absolute atomic E-state index is 0.103. The van der Waals surface area contributed by atoms with E-state index in [-0.39, 0.29) is 5.78 Å². The number of halogens is 1. The van der Waals surface area contributed by atoms with Gasteiger partial charge in [0.05, 0.1) is 0 Å². The highest BCUT2D eigenvalue weighted by atomic mass is 127. The summed E-state index contributed by atoms with van der Waals surface area (Å²) in [7, 11) is 0. The molecule has 0 fully saturated rings. The van der Waals surface area contributed by atoms with E-state index in [9.17, 15) is 4.79 Å². The van der Waals surface area contributed by atoms with E-state index in [1.54, 1.807) is 6.92 Å². The normalized spacial score (nSPS) is 10.3. The second-order valence-electron chi connectivity index (χ2n) is 4.65. The highest BCUT2D eigenvalue weighted by Gasteiger charge is 2.07. The van der Waals surface area contributed by atoms with Crippen LogP contribution in [0, 0.1) is 3.57 Å². The Morgan fingerprint density at radius 2 is 2.00 bits per heavy atom. The number of ketones is 1. The quantitative estimate of drug-likeness (QED) is 0.558. The maximum absolute atomic E-state index is 11.5. The first-order chi connectivity index (χ1) is 9.60. The molecule has 20 heavy (non-hydrogen) atoms. The molecular formula is C17H17IO2. The van der Waals surface area contributed by atoms with Gasteiger partial charge < -0.3 is 4.74 Å². The van der Waals surface area contributed by atoms with Crippen LogP contribution in [0.4, 0.5) is 0 Å².